The number of anilines is 1. The third-order valence-corrected chi connectivity index (χ3v) is 7.28. The summed E-state index contributed by atoms with van der Waals surface area (Å²) < 4.78 is 28.5. The zero-order chi connectivity index (χ0) is 23.3. The number of hydrogen-bond donors (Lipinski definition) is 1. The number of amides is 1. The molecule has 32 heavy (non-hydrogen) atoms. The van der Waals surface area contributed by atoms with Crippen LogP contribution in [0.25, 0.3) is 0 Å². The van der Waals surface area contributed by atoms with Crippen molar-refractivity contribution in [1.29, 1.82) is 0 Å². The Labute approximate surface area is 205 Å². The minimum Gasteiger partial charge on any atom is -0.271 e. The number of rotatable bonds is 7. The van der Waals surface area contributed by atoms with Gasteiger partial charge in [0, 0.05) is 20.1 Å². The van der Waals surface area contributed by atoms with Gasteiger partial charge in [-0.2, -0.15) is 5.10 Å². The number of sulfonamides is 1. The van der Waals surface area contributed by atoms with Crippen LogP contribution in [-0.2, 0) is 14.8 Å². The van der Waals surface area contributed by atoms with E-state index in [2.05, 4.69) is 26.5 Å². The summed E-state index contributed by atoms with van der Waals surface area (Å²) in [6.07, 6.45) is 1.46. The molecule has 1 amide bonds. The second-order valence-electron chi connectivity index (χ2n) is 6.77. The Kier molecular flexibility index (Phi) is 7.95. The molecule has 0 saturated carbocycles. The lowest BCUT2D eigenvalue weighted by Crippen LogP contribution is -2.39. The zero-order valence-electron chi connectivity index (χ0n) is 16.8. The molecular weight excluding hydrogens is 537 g/mol. The van der Waals surface area contributed by atoms with Crippen LogP contribution in [0.2, 0.25) is 10.0 Å². The van der Waals surface area contributed by atoms with E-state index in [0.29, 0.717) is 0 Å². The molecule has 1 N–H and O–H groups in total. The Morgan fingerprint density at radius 3 is 2.31 bits per heavy atom. The molecule has 166 valence electrons. The van der Waals surface area contributed by atoms with Gasteiger partial charge in [-0.1, -0.05) is 75.0 Å². The zero-order valence-corrected chi connectivity index (χ0v) is 20.7. The van der Waals surface area contributed by atoms with Crippen LogP contribution in [0.5, 0.6) is 0 Å². The van der Waals surface area contributed by atoms with Crippen molar-refractivity contribution in [2.45, 2.75) is 11.8 Å². The molecule has 0 fully saturated rings. The van der Waals surface area contributed by atoms with Crippen LogP contribution in [0.4, 0.5) is 5.69 Å². The second kappa shape index (κ2) is 10.5. The lowest BCUT2D eigenvalue weighted by molar-refractivity contribution is -0.119. The summed E-state index contributed by atoms with van der Waals surface area (Å²) in [4.78, 5) is 12.6. The lowest BCUT2D eigenvalue weighted by Gasteiger charge is -2.24. The van der Waals surface area contributed by atoms with Gasteiger partial charge in [-0.3, -0.25) is 9.10 Å². The van der Waals surface area contributed by atoms with Crippen molar-refractivity contribution < 1.29 is 13.2 Å². The number of aryl methyl sites for hydroxylation is 1. The third-order valence-electron chi connectivity index (χ3n) is 4.33. The fourth-order valence-electron chi connectivity index (χ4n) is 2.76. The van der Waals surface area contributed by atoms with Crippen molar-refractivity contribution in [3.63, 3.8) is 0 Å². The maximum atomic E-state index is 13.4. The molecule has 0 atom stereocenters. The maximum absolute atomic E-state index is 13.4. The fourth-order valence-corrected chi connectivity index (χ4v) is 5.06. The predicted octanol–water partition coefficient (Wildman–Crippen LogP) is 5.41. The third kappa shape index (κ3) is 6.10. The van der Waals surface area contributed by atoms with Crippen LogP contribution >= 0.6 is 39.1 Å². The summed E-state index contributed by atoms with van der Waals surface area (Å²) in [6.45, 7) is 1.32. The summed E-state index contributed by atoms with van der Waals surface area (Å²) in [5, 5.41) is 4.40. The molecule has 3 rings (SSSR count). The van der Waals surface area contributed by atoms with Crippen LogP contribution in [0, 0.1) is 6.92 Å². The van der Waals surface area contributed by atoms with E-state index < -0.39 is 22.5 Å². The van der Waals surface area contributed by atoms with E-state index in [1.807, 2.05) is 31.2 Å². The first kappa shape index (κ1) is 24.3. The smallest absolute Gasteiger partial charge is 0.264 e. The SMILES string of the molecule is Cc1ccc(S(=O)(=O)N(CC(=O)N/N=C\c2ccccc2Br)c2cc(Cl)cc(Cl)c2)cc1. The van der Waals surface area contributed by atoms with Crippen LogP contribution in [0.3, 0.4) is 0 Å². The van der Waals surface area contributed by atoms with Crippen molar-refractivity contribution in [3.8, 4) is 0 Å². The van der Waals surface area contributed by atoms with Gasteiger partial charge in [-0.05, 0) is 43.3 Å². The highest BCUT2D eigenvalue weighted by Gasteiger charge is 2.27. The fraction of sp³-hybridized carbons (Fsp3) is 0.0909. The summed E-state index contributed by atoms with van der Waals surface area (Å²) in [5.74, 6) is -0.639. The van der Waals surface area contributed by atoms with Crippen LogP contribution in [0.15, 0.2) is 81.2 Å². The number of hydrazone groups is 1. The van der Waals surface area contributed by atoms with Gasteiger partial charge in [0.2, 0.25) is 0 Å². The number of carbonyl (C=O) groups is 1. The van der Waals surface area contributed by atoms with Gasteiger partial charge in [-0.25, -0.2) is 13.8 Å². The normalized spacial score (nSPS) is 11.5. The average Bonchev–Trinajstić information content (AvgIpc) is 2.73. The number of carbonyl (C=O) groups excluding carboxylic acids is 1. The van der Waals surface area contributed by atoms with Crippen LogP contribution in [-0.4, -0.2) is 27.1 Å². The van der Waals surface area contributed by atoms with Gasteiger partial charge in [0.1, 0.15) is 6.54 Å². The van der Waals surface area contributed by atoms with E-state index in [1.54, 1.807) is 12.1 Å². The first-order valence-corrected chi connectivity index (χ1v) is 12.3. The van der Waals surface area contributed by atoms with E-state index in [1.165, 1.54) is 36.5 Å². The molecule has 0 aliphatic carbocycles. The van der Waals surface area contributed by atoms with Crippen molar-refractivity contribution in [2.75, 3.05) is 10.8 Å². The van der Waals surface area contributed by atoms with Gasteiger partial charge in [-0.15, -0.1) is 0 Å². The van der Waals surface area contributed by atoms with Crippen LogP contribution < -0.4 is 9.73 Å². The van der Waals surface area contributed by atoms with E-state index >= 15 is 0 Å². The maximum Gasteiger partial charge on any atom is 0.264 e. The molecule has 3 aromatic rings. The second-order valence-corrected chi connectivity index (χ2v) is 10.4. The molecule has 0 unspecified atom stereocenters. The van der Waals surface area contributed by atoms with Crippen molar-refractivity contribution >= 4 is 67.0 Å². The molecular formula is C22H18BrCl2N3O3S. The Balaban J connectivity index is 1.89. The standard InChI is InChI=1S/C22H18BrCl2N3O3S/c1-15-6-8-20(9-7-15)32(30,31)28(19-11-17(24)10-18(25)12-19)14-22(29)27-26-13-16-4-2-3-5-21(16)23/h2-13H,14H2,1H3,(H,27,29)/b26-13-. The molecule has 0 saturated heterocycles. The summed E-state index contributed by atoms with van der Waals surface area (Å²) >= 11 is 15.5. The number of nitrogens with one attached hydrogen (secondary N) is 1. The summed E-state index contributed by atoms with van der Waals surface area (Å²) in [5.41, 5.74) is 4.17. The highest BCUT2D eigenvalue weighted by Crippen LogP contribution is 2.29. The summed E-state index contributed by atoms with van der Waals surface area (Å²) in [6, 6.07) is 18.0. The molecule has 3 aromatic carbocycles. The molecule has 0 bridgehead atoms. The number of nitrogens with zero attached hydrogens (tertiary/aromatic N) is 2. The highest BCUT2D eigenvalue weighted by molar-refractivity contribution is 9.10. The first-order chi connectivity index (χ1) is 15.2. The minimum atomic E-state index is -4.09. The molecule has 0 aliphatic heterocycles. The number of hydrogen-bond acceptors (Lipinski definition) is 4. The molecule has 0 heterocycles. The number of benzene rings is 3. The minimum absolute atomic E-state index is 0.0312. The van der Waals surface area contributed by atoms with Crippen LogP contribution in [0.1, 0.15) is 11.1 Å². The Bertz CT molecular complexity index is 1250. The van der Waals surface area contributed by atoms with Crippen molar-refractivity contribution in [1.82, 2.24) is 5.43 Å². The van der Waals surface area contributed by atoms with E-state index in [-0.39, 0.29) is 20.6 Å². The molecule has 0 radical (unpaired) electrons. The monoisotopic (exact) mass is 553 g/mol. The molecule has 0 spiro atoms. The predicted molar refractivity (Wildman–Crippen MR) is 132 cm³/mol. The molecule has 0 aliphatic rings. The largest absolute Gasteiger partial charge is 0.271 e. The first-order valence-electron chi connectivity index (χ1n) is 9.29. The number of halogens is 3. The quantitative estimate of drug-likeness (QED) is 0.313. The molecule has 6 nitrogen and oxygen atoms in total. The van der Waals surface area contributed by atoms with Gasteiger partial charge in [0.25, 0.3) is 15.9 Å². The Morgan fingerprint density at radius 2 is 1.69 bits per heavy atom. The Hall–Kier alpha value is -2.39. The van der Waals surface area contributed by atoms with Crippen molar-refractivity contribution in [2.24, 2.45) is 5.10 Å². The molecule has 0 aromatic heterocycles. The van der Waals surface area contributed by atoms with Crippen molar-refractivity contribution in [3.05, 3.63) is 92.4 Å². The summed E-state index contributed by atoms with van der Waals surface area (Å²) in [7, 11) is -4.09. The van der Waals surface area contributed by atoms with Gasteiger partial charge < -0.3 is 0 Å². The lowest BCUT2D eigenvalue weighted by atomic mass is 10.2. The van der Waals surface area contributed by atoms with E-state index in [9.17, 15) is 13.2 Å². The van der Waals surface area contributed by atoms with E-state index in [0.717, 1.165) is 19.9 Å². The molecule has 10 heteroatoms. The highest BCUT2D eigenvalue weighted by atomic mass is 79.9. The Morgan fingerprint density at radius 1 is 1.06 bits per heavy atom. The van der Waals surface area contributed by atoms with E-state index in [4.69, 9.17) is 23.2 Å². The topological polar surface area (TPSA) is 78.8 Å². The average molecular weight is 555 g/mol. The van der Waals surface area contributed by atoms with Gasteiger partial charge in [0.15, 0.2) is 0 Å². The van der Waals surface area contributed by atoms with Gasteiger partial charge in [0.05, 0.1) is 16.8 Å². The van der Waals surface area contributed by atoms with Gasteiger partial charge >= 0.3 is 0 Å².